The molecule has 7 heteroatoms. The Kier molecular flexibility index (Phi) is 5.56. The normalized spacial score (nSPS) is 16.2. The molecule has 33 heavy (non-hydrogen) atoms. The molecule has 3 aromatic rings. The number of carbonyl (C=O) groups is 1. The molecule has 0 unspecified atom stereocenters. The van der Waals surface area contributed by atoms with Crippen molar-refractivity contribution in [1.82, 2.24) is 4.90 Å². The number of rotatable bonds is 6. The van der Waals surface area contributed by atoms with Crippen molar-refractivity contribution < 1.29 is 28.2 Å². The summed E-state index contributed by atoms with van der Waals surface area (Å²) in [5.74, 6) is 3.49. The molecule has 0 fully saturated rings. The van der Waals surface area contributed by atoms with E-state index in [1.165, 1.54) is 0 Å². The molecule has 0 amide bonds. The summed E-state index contributed by atoms with van der Waals surface area (Å²) in [6.45, 7) is 3.91. The summed E-state index contributed by atoms with van der Waals surface area (Å²) in [5, 5.41) is 0. The van der Waals surface area contributed by atoms with Gasteiger partial charge in [0.15, 0.2) is 17.3 Å². The first-order valence-corrected chi connectivity index (χ1v) is 10.8. The second kappa shape index (κ2) is 8.67. The monoisotopic (exact) mass is 447 g/mol. The number of hydrogen-bond donors (Lipinski definition) is 0. The van der Waals surface area contributed by atoms with E-state index in [0.29, 0.717) is 36.1 Å². The van der Waals surface area contributed by atoms with E-state index in [0.717, 1.165) is 41.2 Å². The number of nitrogens with zero attached hydrogens (tertiary/aromatic N) is 1. The van der Waals surface area contributed by atoms with Gasteiger partial charge in [0.25, 0.3) is 0 Å². The second-order valence-electron chi connectivity index (χ2n) is 8.09. The lowest BCUT2D eigenvalue weighted by molar-refractivity contribution is 0.0953. The first-order valence-electron chi connectivity index (χ1n) is 10.8. The maximum Gasteiger partial charge on any atom is 0.232 e. The van der Waals surface area contributed by atoms with Crippen molar-refractivity contribution in [2.24, 2.45) is 0 Å². The summed E-state index contributed by atoms with van der Waals surface area (Å²) in [5.41, 5.74) is 3.55. The largest absolute Gasteiger partial charge is 0.493 e. The lowest BCUT2D eigenvalue weighted by Crippen LogP contribution is -2.34. The lowest BCUT2D eigenvalue weighted by atomic mass is 10.00. The summed E-state index contributed by atoms with van der Waals surface area (Å²) < 4.78 is 28.0. The van der Waals surface area contributed by atoms with E-state index < -0.39 is 0 Å². The van der Waals surface area contributed by atoms with Gasteiger partial charge >= 0.3 is 0 Å². The van der Waals surface area contributed by atoms with Crippen molar-refractivity contribution in [3.63, 3.8) is 0 Å². The minimum absolute atomic E-state index is 0.144. The summed E-state index contributed by atoms with van der Waals surface area (Å²) in [6, 6.07) is 11.4. The van der Waals surface area contributed by atoms with Crippen molar-refractivity contribution >= 4 is 11.9 Å². The van der Waals surface area contributed by atoms with Crippen LogP contribution in [-0.4, -0.2) is 38.2 Å². The Hall–Kier alpha value is -3.71. The molecule has 2 aromatic carbocycles. The number of hydrogen-bond acceptors (Lipinski definition) is 7. The van der Waals surface area contributed by atoms with Gasteiger partial charge in [0, 0.05) is 30.3 Å². The minimum atomic E-state index is -0.144. The van der Waals surface area contributed by atoms with Crippen molar-refractivity contribution in [2.75, 3.05) is 27.5 Å². The maximum absolute atomic E-state index is 13.0. The zero-order chi connectivity index (χ0) is 22.9. The van der Waals surface area contributed by atoms with Crippen LogP contribution in [0.15, 0.2) is 52.8 Å². The SMILES string of the molecule is COc1ccc(CCN2COc3c(cc4c(c3C)O/C(=C\c3ccco3)C4=O)C2)cc1OC. The van der Waals surface area contributed by atoms with E-state index in [1.54, 1.807) is 38.7 Å². The molecule has 5 rings (SSSR count). The zero-order valence-corrected chi connectivity index (χ0v) is 18.8. The van der Waals surface area contributed by atoms with E-state index >= 15 is 0 Å². The van der Waals surface area contributed by atoms with Crippen LogP contribution in [0.3, 0.4) is 0 Å². The van der Waals surface area contributed by atoms with Crippen LogP contribution < -0.4 is 18.9 Å². The molecule has 0 atom stereocenters. The van der Waals surface area contributed by atoms with Crippen molar-refractivity contribution in [3.05, 3.63) is 76.4 Å². The molecule has 0 aliphatic carbocycles. The van der Waals surface area contributed by atoms with E-state index in [4.69, 9.17) is 23.4 Å². The molecule has 3 heterocycles. The van der Waals surface area contributed by atoms with Gasteiger partial charge in [-0.1, -0.05) is 6.07 Å². The van der Waals surface area contributed by atoms with Gasteiger partial charge in [-0.15, -0.1) is 0 Å². The lowest BCUT2D eigenvalue weighted by Gasteiger charge is -2.30. The molecule has 0 N–H and O–H groups in total. The maximum atomic E-state index is 13.0. The van der Waals surface area contributed by atoms with Gasteiger partial charge in [0.2, 0.25) is 5.78 Å². The molecule has 7 nitrogen and oxygen atoms in total. The van der Waals surface area contributed by atoms with E-state index in [2.05, 4.69) is 4.90 Å². The number of ether oxygens (including phenoxy) is 4. The van der Waals surface area contributed by atoms with Crippen molar-refractivity contribution in [1.29, 1.82) is 0 Å². The van der Waals surface area contributed by atoms with Gasteiger partial charge < -0.3 is 23.4 Å². The summed E-state index contributed by atoms with van der Waals surface area (Å²) >= 11 is 0. The Bertz CT molecular complexity index is 1230. The predicted molar refractivity (Wildman–Crippen MR) is 122 cm³/mol. The second-order valence-corrected chi connectivity index (χ2v) is 8.09. The molecule has 170 valence electrons. The summed E-state index contributed by atoms with van der Waals surface area (Å²) in [7, 11) is 3.27. The summed E-state index contributed by atoms with van der Waals surface area (Å²) in [6.07, 6.45) is 4.02. The molecule has 1 aromatic heterocycles. The van der Waals surface area contributed by atoms with Gasteiger partial charge in [-0.3, -0.25) is 9.69 Å². The number of fused-ring (bicyclic) bond motifs is 2. The third-order valence-electron chi connectivity index (χ3n) is 5.98. The average Bonchev–Trinajstić information content (AvgIpc) is 3.46. The number of ketones is 1. The standard InChI is InChI=1S/C26H25NO6/c1-16-25-18(12-20-24(28)23(33-26(16)20)13-19-5-4-10-31-19)14-27(15-32-25)9-8-17-6-7-21(29-2)22(11-17)30-3/h4-7,10-13H,8-9,14-15H2,1-3H3/b23-13-. The minimum Gasteiger partial charge on any atom is -0.493 e. The highest BCUT2D eigenvalue weighted by molar-refractivity contribution is 6.15. The first kappa shape index (κ1) is 21.2. The van der Waals surface area contributed by atoms with Gasteiger partial charge in [-0.2, -0.15) is 0 Å². The zero-order valence-electron chi connectivity index (χ0n) is 18.8. The van der Waals surface area contributed by atoms with Crippen LogP contribution in [0, 0.1) is 6.92 Å². The molecule has 2 aliphatic heterocycles. The van der Waals surface area contributed by atoms with Crippen LogP contribution >= 0.6 is 0 Å². The van der Waals surface area contributed by atoms with Crippen LogP contribution in [0.25, 0.3) is 6.08 Å². The molecule has 0 saturated heterocycles. The van der Waals surface area contributed by atoms with Crippen molar-refractivity contribution in [2.45, 2.75) is 19.9 Å². The molecule has 0 spiro atoms. The number of benzene rings is 2. The Morgan fingerprint density at radius 2 is 1.94 bits per heavy atom. The number of carbonyl (C=O) groups excluding carboxylic acids is 1. The van der Waals surface area contributed by atoms with Crippen LogP contribution in [0.4, 0.5) is 0 Å². The Morgan fingerprint density at radius 1 is 1.09 bits per heavy atom. The molecular weight excluding hydrogens is 422 g/mol. The number of methoxy groups -OCH3 is 2. The Labute approximate surface area is 192 Å². The predicted octanol–water partition coefficient (Wildman–Crippen LogP) is 4.62. The van der Waals surface area contributed by atoms with Gasteiger partial charge in [0.1, 0.15) is 24.0 Å². The number of allylic oxidation sites excluding steroid dienone is 1. The van der Waals surface area contributed by atoms with E-state index in [1.807, 2.05) is 31.2 Å². The highest BCUT2D eigenvalue weighted by Crippen LogP contribution is 2.43. The Morgan fingerprint density at radius 3 is 2.70 bits per heavy atom. The fourth-order valence-electron chi connectivity index (χ4n) is 4.27. The number of furan rings is 1. The molecule has 0 saturated carbocycles. The van der Waals surface area contributed by atoms with Gasteiger partial charge in [-0.25, -0.2) is 0 Å². The topological polar surface area (TPSA) is 70.4 Å². The van der Waals surface area contributed by atoms with Crippen molar-refractivity contribution in [3.8, 4) is 23.0 Å². The van der Waals surface area contributed by atoms with Gasteiger partial charge in [-0.05, 0) is 49.2 Å². The van der Waals surface area contributed by atoms with Crippen LogP contribution in [-0.2, 0) is 13.0 Å². The number of Topliss-reactive ketones (excluding diaryl/α,β-unsaturated/α-hetero) is 1. The fraction of sp³-hybridized carbons (Fsp3) is 0.269. The quantitative estimate of drug-likeness (QED) is 0.511. The summed E-state index contributed by atoms with van der Waals surface area (Å²) in [4.78, 5) is 15.2. The third-order valence-corrected chi connectivity index (χ3v) is 5.98. The fourth-order valence-corrected chi connectivity index (χ4v) is 4.27. The molecule has 2 aliphatic rings. The smallest absolute Gasteiger partial charge is 0.232 e. The van der Waals surface area contributed by atoms with Crippen LogP contribution in [0.5, 0.6) is 23.0 Å². The highest BCUT2D eigenvalue weighted by Gasteiger charge is 2.33. The highest BCUT2D eigenvalue weighted by atomic mass is 16.5. The third kappa shape index (κ3) is 3.96. The molecular formula is C26H25NO6. The Balaban J connectivity index is 1.32. The first-order chi connectivity index (χ1) is 16.1. The molecule has 0 radical (unpaired) electrons. The molecule has 0 bridgehead atoms. The average molecular weight is 447 g/mol. The van der Waals surface area contributed by atoms with Crippen LogP contribution in [0.1, 0.15) is 32.8 Å². The van der Waals surface area contributed by atoms with E-state index in [-0.39, 0.29) is 11.5 Å². The van der Waals surface area contributed by atoms with Crippen LogP contribution in [0.2, 0.25) is 0 Å². The van der Waals surface area contributed by atoms with Gasteiger partial charge in [0.05, 0.1) is 26.0 Å². The van der Waals surface area contributed by atoms with E-state index in [9.17, 15) is 4.79 Å².